The molecule has 0 aliphatic rings. The van der Waals surface area contributed by atoms with E-state index in [4.69, 9.17) is 5.73 Å². The summed E-state index contributed by atoms with van der Waals surface area (Å²) in [6.07, 6.45) is 1.50. The monoisotopic (exact) mass is 329 g/mol. The summed E-state index contributed by atoms with van der Waals surface area (Å²) in [7, 11) is 0. The van der Waals surface area contributed by atoms with Crippen LogP contribution in [-0.4, -0.2) is 16.5 Å². The molecule has 1 unspecified atom stereocenters. The lowest BCUT2D eigenvalue weighted by molar-refractivity contribution is -0.122. The summed E-state index contributed by atoms with van der Waals surface area (Å²) in [6, 6.07) is 0.0643. The lowest BCUT2D eigenvalue weighted by Crippen LogP contribution is -2.40. The predicted molar refractivity (Wildman–Crippen MR) is 80.0 cm³/mol. The van der Waals surface area contributed by atoms with Gasteiger partial charge in [0.1, 0.15) is 6.54 Å². The van der Waals surface area contributed by atoms with E-state index in [-0.39, 0.29) is 24.1 Å². The van der Waals surface area contributed by atoms with E-state index in [1.807, 2.05) is 20.8 Å². The zero-order valence-corrected chi connectivity index (χ0v) is 13.2. The molecule has 0 bridgehead atoms. The van der Waals surface area contributed by atoms with E-state index in [1.54, 1.807) is 6.92 Å². The number of carbonyl (C=O) groups is 1. The summed E-state index contributed by atoms with van der Waals surface area (Å²) in [4.78, 5) is 23.8. The van der Waals surface area contributed by atoms with Crippen molar-refractivity contribution in [1.82, 2.24) is 9.88 Å². The molecule has 0 radical (unpaired) electrons. The molecule has 5 nitrogen and oxygen atoms in total. The number of nitrogens with zero attached hydrogens (tertiary/aromatic N) is 1. The zero-order chi connectivity index (χ0) is 14.7. The van der Waals surface area contributed by atoms with Crippen molar-refractivity contribution in [2.75, 3.05) is 5.73 Å². The first kappa shape index (κ1) is 15.8. The summed E-state index contributed by atoms with van der Waals surface area (Å²) >= 11 is 3.20. The minimum Gasteiger partial charge on any atom is -0.397 e. The Labute approximate surface area is 121 Å². The van der Waals surface area contributed by atoms with Gasteiger partial charge in [-0.25, -0.2) is 0 Å². The maximum absolute atomic E-state index is 12.0. The second-order valence-electron chi connectivity index (χ2n) is 5.06. The number of amides is 1. The molecule has 1 heterocycles. The third kappa shape index (κ3) is 3.83. The number of hydrogen-bond acceptors (Lipinski definition) is 3. The van der Waals surface area contributed by atoms with E-state index in [0.29, 0.717) is 21.6 Å². The molecule has 1 rings (SSSR count). The minimum absolute atomic E-state index is 0.0288. The Balaban J connectivity index is 2.90. The summed E-state index contributed by atoms with van der Waals surface area (Å²) in [5.41, 5.74) is 6.72. The van der Waals surface area contributed by atoms with Crippen LogP contribution in [0.2, 0.25) is 0 Å². The summed E-state index contributed by atoms with van der Waals surface area (Å²) in [5, 5.41) is 2.85. The molecule has 6 heteroatoms. The second kappa shape index (κ2) is 6.23. The fourth-order valence-corrected chi connectivity index (χ4v) is 1.93. The summed E-state index contributed by atoms with van der Waals surface area (Å²) < 4.78 is 1.71. The molecular formula is C13H20BrN3O2. The van der Waals surface area contributed by atoms with E-state index in [9.17, 15) is 9.59 Å². The minimum atomic E-state index is -0.251. The van der Waals surface area contributed by atoms with Gasteiger partial charge in [0.05, 0.1) is 10.2 Å². The summed E-state index contributed by atoms with van der Waals surface area (Å²) in [5.74, 6) is 0.147. The molecule has 1 aromatic rings. The van der Waals surface area contributed by atoms with Gasteiger partial charge in [0, 0.05) is 12.2 Å². The van der Waals surface area contributed by atoms with E-state index in [0.717, 1.165) is 0 Å². The molecule has 0 fully saturated rings. The highest BCUT2D eigenvalue weighted by molar-refractivity contribution is 9.10. The molecule has 0 saturated heterocycles. The zero-order valence-electron chi connectivity index (χ0n) is 11.7. The Kier molecular flexibility index (Phi) is 5.17. The van der Waals surface area contributed by atoms with Gasteiger partial charge in [-0.05, 0) is 41.3 Å². The van der Waals surface area contributed by atoms with Gasteiger partial charge < -0.3 is 15.6 Å². The molecule has 0 aromatic carbocycles. The molecule has 106 valence electrons. The highest BCUT2D eigenvalue weighted by Gasteiger charge is 2.14. The number of nitrogens with two attached hydrogens (primary N) is 1. The van der Waals surface area contributed by atoms with E-state index >= 15 is 0 Å². The molecule has 1 atom stereocenters. The Hall–Kier alpha value is -1.30. The van der Waals surface area contributed by atoms with Crippen molar-refractivity contribution >= 4 is 27.5 Å². The van der Waals surface area contributed by atoms with Crippen molar-refractivity contribution < 1.29 is 4.79 Å². The molecular weight excluding hydrogens is 310 g/mol. The molecule has 0 aliphatic carbocycles. The van der Waals surface area contributed by atoms with Gasteiger partial charge in [0.2, 0.25) is 5.91 Å². The average Bonchev–Trinajstić information content (AvgIpc) is 2.33. The van der Waals surface area contributed by atoms with Crippen LogP contribution in [0, 0.1) is 12.8 Å². The Morgan fingerprint density at radius 2 is 2.05 bits per heavy atom. The number of carbonyl (C=O) groups excluding carboxylic acids is 1. The first-order chi connectivity index (χ1) is 8.73. The fourth-order valence-electron chi connectivity index (χ4n) is 1.47. The van der Waals surface area contributed by atoms with Crippen molar-refractivity contribution in [2.45, 2.75) is 40.3 Å². The SMILES string of the molecule is Cc1c(N)cn(CC(=O)NC(C)C(C)C)c(=O)c1Br. The van der Waals surface area contributed by atoms with Gasteiger partial charge in [-0.2, -0.15) is 0 Å². The normalized spacial score (nSPS) is 12.5. The number of pyridine rings is 1. The first-order valence-corrected chi connectivity index (χ1v) is 6.97. The maximum atomic E-state index is 12.0. The van der Waals surface area contributed by atoms with Crippen LogP contribution in [0.3, 0.4) is 0 Å². The lowest BCUT2D eigenvalue weighted by Gasteiger charge is -2.18. The van der Waals surface area contributed by atoms with Crippen LogP contribution in [0.25, 0.3) is 0 Å². The van der Waals surface area contributed by atoms with Crippen LogP contribution in [0.5, 0.6) is 0 Å². The Morgan fingerprint density at radius 3 is 2.58 bits per heavy atom. The van der Waals surface area contributed by atoms with E-state index in [1.165, 1.54) is 10.8 Å². The van der Waals surface area contributed by atoms with Crippen LogP contribution >= 0.6 is 15.9 Å². The van der Waals surface area contributed by atoms with Crippen molar-refractivity contribution in [1.29, 1.82) is 0 Å². The van der Waals surface area contributed by atoms with Crippen molar-refractivity contribution in [2.24, 2.45) is 5.92 Å². The van der Waals surface area contributed by atoms with Gasteiger partial charge in [0.15, 0.2) is 0 Å². The topological polar surface area (TPSA) is 77.1 Å². The molecule has 0 spiro atoms. The molecule has 0 aliphatic heterocycles. The largest absolute Gasteiger partial charge is 0.397 e. The van der Waals surface area contributed by atoms with Crippen LogP contribution < -0.4 is 16.6 Å². The molecule has 1 aromatic heterocycles. The van der Waals surface area contributed by atoms with E-state index in [2.05, 4.69) is 21.2 Å². The molecule has 3 N–H and O–H groups in total. The van der Waals surface area contributed by atoms with Crippen molar-refractivity contribution in [3.63, 3.8) is 0 Å². The van der Waals surface area contributed by atoms with Crippen molar-refractivity contribution in [3.8, 4) is 0 Å². The van der Waals surface area contributed by atoms with Gasteiger partial charge in [-0.1, -0.05) is 13.8 Å². The van der Waals surface area contributed by atoms with Gasteiger partial charge in [-0.15, -0.1) is 0 Å². The first-order valence-electron chi connectivity index (χ1n) is 6.18. The third-order valence-electron chi connectivity index (χ3n) is 3.21. The number of aromatic nitrogens is 1. The number of halogens is 1. The standard InChI is InChI=1S/C13H20BrN3O2/c1-7(2)9(4)16-11(18)6-17-5-10(15)8(3)12(14)13(17)19/h5,7,9H,6,15H2,1-4H3,(H,16,18). The summed E-state index contributed by atoms with van der Waals surface area (Å²) in [6.45, 7) is 7.71. The van der Waals surface area contributed by atoms with Gasteiger partial charge >= 0.3 is 0 Å². The third-order valence-corrected chi connectivity index (χ3v) is 4.14. The predicted octanol–water partition coefficient (Wildman–Crippen LogP) is 1.66. The molecule has 19 heavy (non-hydrogen) atoms. The number of hydrogen-bond donors (Lipinski definition) is 2. The van der Waals surface area contributed by atoms with Crippen LogP contribution in [0.1, 0.15) is 26.3 Å². The highest BCUT2D eigenvalue weighted by Crippen LogP contribution is 2.16. The molecule has 1 amide bonds. The van der Waals surface area contributed by atoms with Crippen LogP contribution in [0.4, 0.5) is 5.69 Å². The number of anilines is 1. The number of nitrogens with one attached hydrogen (secondary N) is 1. The Morgan fingerprint density at radius 1 is 1.47 bits per heavy atom. The maximum Gasteiger partial charge on any atom is 0.265 e. The quantitative estimate of drug-likeness (QED) is 0.881. The van der Waals surface area contributed by atoms with Crippen molar-refractivity contribution in [3.05, 3.63) is 26.6 Å². The number of nitrogen functional groups attached to an aromatic ring is 1. The lowest BCUT2D eigenvalue weighted by atomic mass is 10.1. The number of rotatable bonds is 4. The average molecular weight is 330 g/mol. The van der Waals surface area contributed by atoms with E-state index < -0.39 is 0 Å². The van der Waals surface area contributed by atoms with Gasteiger partial charge in [-0.3, -0.25) is 9.59 Å². The van der Waals surface area contributed by atoms with Crippen LogP contribution in [0.15, 0.2) is 15.5 Å². The second-order valence-corrected chi connectivity index (χ2v) is 5.85. The van der Waals surface area contributed by atoms with Gasteiger partial charge in [0.25, 0.3) is 5.56 Å². The Bertz CT molecular complexity index is 537. The molecule has 0 saturated carbocycles. The smallest absolute Gasteiger partial charge is 0.265 e. The fraction of sp³-hybridized carbons (Fsp3) is 0.538. The highest BCUT2D eigenvalue weighted by atomic mass is 79.9. The van der Waals surface area contributed by atoms with Crippen LogP contribution in [-0.2, 0) is 11.3 Å².